The second kappa shape index (κ2) is 2.32. The maximum absolute atomic E-state index is 8.65. The predicted molar refractivity (Wildman–Crippen MR) is 21.9 cm³/mol. The molecule has 0 radical (unpaired) electrons. The van der Waals surface area contributed by atoms with Gasteiger partial charge < -0.3 is 0 Å². The summed E-state index contributed by atoms with van der Waals surface area (Å²) in [5.41, 5.74) is 0. The van der Waals surface area contributed by atoms with Gasteiger partial charge in [-0.15, -0.1) is 0 Å². The molecule has 7 heavy (non-hydrogen) atoms. The number of allylic oxidation sites excluding steroid dienone is 2. The van der Waals surface area contributed by atoms with Crippen LogP contribution in [0.1, 0.15) is 0 Å². The molecule has 40 valence electrons. The van der Waals surface area contributed by atoms with Crippen molar-refractivity contribution in [2.45, 2.75) is 0 Å². The van der Waals surface area contributed by atoms with Crippen molar-refractivity contribution in [1.29, 1.82) is 0 Å². The van der Waals surface area contributed by atoms with E-state index in [4.69, 9.17) is 5.21 Å². The molecule has 3 heteroatoms. The van der Waals surface area contributed by atoms with Crippen LogP contribution in [0.15, 0.2) is 22.4 Å². The second-order valence-electron chi connectivity index (χ2n) is 1.05. The van der Waals surface area contributed by atoms with E-state index in [1.807, 2.05) is 16.2 Å². The quantitative estimate of drug-likeness (QED) is 0.359. The first-order chi connectivity index (χ1) is 3.39. The van der Waals surface area contributed by atoms with Crippen molar-refractivity contribution in [3.63, 3.8) is 0 Å². The summed E-state index contributed by atoms with van der Waals surface area (Å²) in [6.45, 7) is 0. The summed E-state index contributed by atoms with van der Waals surface area (Å²) >= 11 is -0.227. The number of nitrogens with zero attached hydrogens (tertiary/aromatic N) is 1. The molecule has 0 unspecified atom stereocenters. The van der Waals surface area contributed by atoms with Crippen LogP contribution in [0.3, 0.4) is 0 Å². The molecule has 0 aliphatic carbocycles. The number of hydrogen-bond acceptors (Lipinski definition) is 2. The van der Waals surface area contributed by atoms with E-state index >= 15 is 0 Å². The van der Waals surface area contributed by atoms with E-state index in [1.54, 1.807) is 6.20 Å². The van der Waals surface area contributed by atoms with Crippen molar-refractivity contribution in [3.8, 4) is 0 Å². The molecular weight excluding hydrogens is 205 g/mol. The van der Waals surface area contributed by atoms with Crippen LogP contribution in [-0.4, -0.2) is 8.48 Å². The molecule has 0 saturated carbocycles. The number of rotatable bonds is 0. The van der Waals surface area contributed by atoms with Gasteiger partial charge in [-0.05, 0) is 0 Å². The van der Waals surface area contributed by atoms with E-state index in [-0.39, 0.29) is 21.5 Å². The SMILES string of the molecule is ON1C=CC=C[I-]1. The van der Waals surface area contributed by atoms with E-state index in [1.165, 1.54) is 3.28 Å². The van der Waals surface area contributed by atoms with E-state index in [0.717, 1.165) is 0 Å². The van der Waals surface area contributed by atoms with Gasteiger partial charge >= 0.3 is 52.4 Å². The first-order valence-electron chi connectivity index (χ1n) is 1.85. The van der Waals surface area contributed by atoms with Crippen LogP contribution in [-0.2, 0) is 0 Å². The zero-order chi connectivity index (χ0) is 5.11. The van der Waals surface area contributed by atoms with Crippen molar-refractivity contribution in [2.75, 3.05) is 0 Å². The molecule has 0 aromatic carbocycles. The van der Waals surface area contributed by atoms with Gasteiger partial charge in [-0.3, -0.25) is 0 Å². The molecule has 0 spiro atoms. The molecule has 1 aliphatic heterocycles. The molecule has 0 atom stereocenters. The third-order valence-corrected chi connectivity index (χ3v) is 2.18. The van der Waals surface area contributed by atoms with Crippen LogP contribution in [0.4, 0.5) is 0 Å². The zero-order valence-corrected chi connectivity index (χ0v) is 5.74. The summed E-state index contributed by atoms with van der Waals surface area (Å²) in [5.74, 6) is 0. The van der Waals surface area contributed by atoms with Crippen LogP contribution in [0.25, 0.3) is 0 Å². The van der Waals surface area contributed by atoms with Gasteiger partial charge in [0.2, 0.25) is 0 Å². The fourth-order valence-electron chi connectivity index (χ4n) is 0.285. The number of hydroxylamine groups is 1. The Labute approximate surface area is 52.7 Å². The van der Waals surface area contributed by atoms with E-state index in [0.29, 0.717) is 0 Å². The summed E-state index contributed by atoms with van der Waals surface area (Å²) in [6.07, 6.45) is 5.41. The third-order valence-electron chi connectivity index (χ3n) is 0.549. The van der Waals surface area contributed by atoms with Crippen molar-refractivity contribution >= 4 is 0 Å². The molecule has 1 rings (SSSR count). The van der Waals surface area contributed by atoms with Gasteiger partial charge in [0.05, 0.1) is 0 Å². The van der Waals surface area contributed by atoms with Crippen LogP contribution in [0, 0.1) is 0 Å². The van der Waals surface area contributed by atoms with Gasteiger partial charge in [0.25, 0.3) is 0 Å². The minimum absolute atomic E-state index is 0.227. The Morgan fingerprint density at radius 3 is 2.57 bits per heavy atom. The molecule has 0 fully saturated rings. The molecule has 0 amide bonds. The van der Waals surface area contributed by atoms with Gasteiger partial charge in [-0.2, -0.15) is 0 Å². The van der Waals surface area contributed by atoms with E-state index in [2.05, 4.69) is 0 Å². The van der Waals surface area contributed by atoms with Gasteiger partial charge in [-0.25, -0.2) is 0 Å². The van der Waals surface area contributed by atoms with Gasteiger partial charge in [0, 0.05) is 0 Å². The van der Waals surface area contributed by atoms with Gasteiger partial charge in [-0.1, -0.05) is 0 Å². The first-order valence-corrected chi connectivity index (χ1v) is 4.06. The fraction of sp³-hybridized carbons (Fsp3) is 0. The predicted octanol–water partition coefficient (Wildman–Crippen LogP) is -2.28. The maximum atomic E-state index is 8.65. The van der Waals surface area contributed by atoms with Crippen molar-refractivity contribution in [2.24, 2.45) is 0 Å². The van der Waals surface area contributed by atoms with Crippen molar-refractivity contribution in [1.82, 2.24) is 3.28 Å². The van der Waals surface area contributed by atoms with Crippen molar-refractivity contribution < 1.29 is 26.7 Å². The second-order valence-corrected chi connectivity index (χ2v) is 3.31. The minimum atomic E-state index is -0.227. The average Bonchev–Trinajstić information content (AvgIpc) is 1.69. The van der Waals surface area contributed by atoms with Crippen LogP contribution >= 0.6 is 0 Å². The summed E-state index contributed by atoms with van der Waals surface area (Å²) in [7, 11) is 0. The molecule has 2 nitrogen and oxygen atoms in total. The van der Waals surface area contributed by atoms with Gasteiger partial charge in [0.1, 0.15) is 0 Å². The fourth-order valence-corrected chi connectivity index (χ4v) is 1.41. The zero-order valence-electron chi connectivity index (χ0n) is 3.58. The monoisotopic (exact) mass is 210 g/mol. The Balaban J connectivity index is 2.49. The molecule has 1 heterocycles. The molecule has 0 aromatic rings. The summed E-state index contributed by atoms with van der Waals surface area (Å²) < 4.78 is 3.22. The third kappa shape index (κ3) is 1.48. The number of halogens is 1. The molecule has 0 saturated heterocycles. The molecular formula is C4H5INO-. The topological polar surface area (TPSA) is 23.5 Å². The average molecular weight is 210 g/mol. The normalized spacial score (nSPS) is 19.3. The molecule has 0 aromatic heterocycles. The Hall–Kier alpha value is -0.0300. The number of hydrogen-bond donors (Lipinski definition) is 1. The Morgan fingerprint density at radius 2 is 2.29 bits per heavy atom. The standard InChI is InChI=1S/C4H5INO/c7-6-4-2-1-3-5-6/h1-4,7H/q-1. The molecule has 1 N–H and O–H groups in total. The van der Waals surface area contributed by atoms with Crippen LogP contribution in [0.5, 0.6) is 0 Å². The molecule has 0 bridgehead atoms. The van der Waals surface area contributed by atoms with E-state index in [9.17, 15) is 0 Å². The summed E-state index contributed by atoms with van der Waals surface area (Å²) in [6, 6.07) is 0. The van der Waals surface area contributed by atoms with Crippen LogP contribution in [0.2, 0.25) is 0 Å². The van der Waals surface area contributed by atoms with Gasteiger partial charge in [0.15, 0.2) is 0 Å². The van der Waals surface area contributed by atoms with E-state index < -0.39 is 0 Å². The van der Waals surface area contributed by atoms with Crippen molar-refractivity contribution in [3.05, 3.63) is 22.4 Å². The van der Waals surface area contributed by atoms with Crippen LogP contribution < -0.4 is 21.5 Å². The Kier molecular flexibility index (Phi) is 1.70. The first kappa shape index (κ1) is 5.11. The molecule has 1 aliphatic rings. The Morgan fingerprint density at radius 1 is 1.43 bits per heavy atom. The Bertz CT molecular complexity index is 110. The summed E-state index contributed by atoms with van der Waals surface area (Å²) in [5, 5.41) is 8.65. The summed E-state index contributed by atoms with van der Waals surface area (Å²) in [4.78, 5) is 0.